The summed E-state index contributed by atoms with van der Waals surface area (Å²) in [6.45, 7) is 4.65. The van der Waals surface area contributed by atoms with Gasteiger partial charge in [-0.2, -0.15) is 0 Å². The van der Waals surface area contributed by atoms with Gasteiger partial charge in [0.15, 0.2) is 23.1 Å². The molecule has 3 aromatic heterocycles. The molecule has 0 bridgehead atoms. The number of benzene rings is 8. The van der Waals surface area contributed by atoms with Gasteiger partial charge < -0.3 is 8.83 Å². The van der Waals surface area contributed by atoms with Crippen LogP contribution in [-0.2, 0) is 5.41 Å². The summed E-state index contributed by atoms with van der Waals surface area (Å²) in [4.78, 5) is 20.4. The van der Waals surface area contributed by atoms with Crippen molar-refractivity contribution >= 4 is 54.6 Å². The van der Waals surface area contributed by atoms with Crippen LogP contribution in [0.25, 0.3) is 111 Å². The maximum Gasteiger partial charge on any atom is 0.227 e. The van der Waals surface area contributed by atoms with Gasteiger partial charge in [-0.15, -0.1) is 0 Å². The predicted molar refractivity (Wildman–Crippen MR) is 229 cm³/mol. The number of hydrogen-bond acceptors (Lipinski definition) is 6. The summed E-state index contributed by atoms with van der Waals surface area (Å²) in [5, 5.41) is 6.54. The summed E-state index contributed by atoms with van der Waals surface area (Å²) in [7, 11) is 0. The summed E-state index contributed by atoms with van der Waals surface area (Å²) < 4.78 is 12.9. The summed E-state index contributed by atoms with van der Waals surface area (Å²) in [6.07, 6.45) is 0. The first-order chi connectivity index (χ1) is 28.0. The van der Waals surface area contributed by atoms with Crippen molar-refractivity contribution in [1.29, 1.82) is 0 Å². The molecule has 0 radical (unpaired) electrons. The van der Waals surface area contributed by atoms with Crippen LogP contribution in [0.1, 0.15) is 25.0 Å². The second-order valence-electron chi connectivity index (χ2n) is 15.4. The Hall–Kier alpha value is -7.44. The third-order valence-electron chi connectivity index (χ3n) is 11.7. The van der Waals surface area contributed by atoms with Crippen LogP contribution in [0.4, 0.5) is 0 Å². The first-order valence-corrected chi connectivity index (χ1v) is 19.2. The Balaban J connectivity index is 1.03. The van der Waals surface area contributed by atoms with E-state index in [0.29, 0.717) is 23.4 Å². The van der Waals surface area contributed by atoms with E-state index in [4.69, 9.17) is 28.8 Å². The Bertz CT molecular complexity index is 3450. The summed E-state index contributed by atoms with van der Waals surface area (Å²) in [5.41, 5.74) is 11.6. The molecule has 0 N–H and O–H groups in total. The smallest absolute Gasteiger partial charge is 0.227 e. The minimum absolute atomic E-state index is 0.222. The highest BCUT2D eigenvalue weighted by Gasteiger charge is 2.37. The number of oxazole rings is 1. The van der Waals surface area contributed by atoms with Gasteiger partial charge in [0.25, 0.3) is 0 Å². The molecule has 0 spiro atoms. The number of furan rings is 1. The second kappa shape index (κ2) is 11.8. The first kappa shape index (κ1) is 31.9. The van der Waals surface area contributed by atoms with Gasteiger partial charge >= 0.3 is 0 Å². The Morgan fingerprint density at radius 2 is 1.14 bits per heavy atom. The maximum atomic E-state index is 6.46. The van der Waals surface area contributed by atoms with E-state index < -0.39 is 0 Å². The van der Waals surface area contributed by atoms with Crippen molar-refractivity contribution in [1.82, 2.24) is 19.9 Å². The second-order valence-corrected chi connectivity index (χ2v) is 15.4. The molecule has 11 aromatic rings. The number of aromatic nitrogens is 4. The van der Waals surface area contributed by atoms with Gasteiger partial charge in [0, 0.05) is 43.8 Å². The molecule has 268 valence electrons. The summed E-state index contributed by atoms with van der Waals surface area (Å²) in [6, 6.07) is 54.4. The monoisotopic (exact) mass is 732 g/mol. The SMILES string of the molecule is CC1(C)c2cc(-c3nc(-c4ccccc4)nc(-c4cccc5oc6ccc(-c7nc8ccc9ccccc9c8o7)cc6c45)n3)ccc2-c2ccc3ccccc3c21. The van der Waals surface area contributed by atoms with E-state index in [1.54, 1.807) is 0 Å². The largest absolute Gasteiger partial charge is 0.456 e. The quantitative estimate of drug-likeness (QED) is 0.179. The van der Waals surface area contributed by atoms with Gasteiger partial charge in [-0.3, -0.25) is 0 Å². The van der Waals surface area contributed by atoms with Crippen LogP contribution in [0.2, 0.25) is 0 Å². The highest BCUT2D eigenvalue weighted by atomic mass is 16.3. The molecule has 12 rings (SSSR count). The lowest BCUT2D eigenvalue weighted by atomic mass is 9.80. The van der Waals surface area contributed by atoms with E-state index in [0.717, 1.165) is 66.1 Å². The van der Waals surface area contributed by atoms with Crippen LogP contribution < -0.4 is 0 Å². The van der Waals surface area contributed by atoms with Crippen LogP contribution in [0.5, 0.6) is 0 Å². The summed E-state index contributed by atoms with van der Waals surface area (Å²) in [5.74, 6) is 2.34. The molecule has 0 saturated heterocycles. The number of rotatable bonds is 4. The van der Waals surface area contributed by atoms with Gasteiger partial charge in [-0.25, -0.2) is 19.9 Å². The molecule has 1 aliphatic carbocycles. The highest BCUT2D eigenvalue weighted by Crippen LogP contribution is 2.52. The lowest BCUT2D eigenvalue weighted by Gasteiger charge is -2.23. The standard InChI is InChI=1S/C51H32N4O2/c1-51(2)40-28-32(20-23-36(40)37-24-19-29-11-6-8-15-34(29)45(37)51)48-53-47(31-13-4-3-5-14-31)54-49(55-48)38-17-10-18-43-44(38)39-27-33(22-26-42(39)56-43)50-52-41-25-21-30-12-7-9-16-35(30)46(41)57-50/h3-28H,1-2H3. The Morgan fingerprint density at radius 3 is 2.00 bits per heavy atom. The van der Waals surface area contributed by atoms with Crippen LogP contribution in [0.3, 0.4) is 0 Å². The lowest BCUT2D eigenvalue weighted by molar-refractivity contribution is 0.623. The molecule has 0 unspecified atom stereocenters. The van der Waals surface area contributed by atoms with Gasteiger partial charge in [-0.05, 0) is 74.8 Å². The molecule has 0 atom stereocenters. The van der Waals surface area contributed by atoms with Gasteiger partial charge in [0.1, 0.15) is 16.7 Å². The molecule has 0 fully saturated rings. The van der Waals surface area contributed by atoms with Crippen LogP contribution in [0, 0.1) is 0 Å². The molecule has 0 saturated carbocycles. The van der Waals surface area contributed by atoms with Gasteiger partial charge in [-0.1, -0.05) is 135 Å². The average molecular weight is 733 g/mol. The zero-order chi connectivity index (χ0) is 37.8. The Labute approximate surface area is 327 Å². The molecule has 8 aromatic carbocycles. The van der Waals surface area contributed by atoms with Crippen molar-refractivity contribution in [2.24, 2.45) is 0 Å². The number of nitrogens with zero attached hydrogens (tertiary/aromatic N) is 4. The molecule has 6 nitrogen and oxygen atoms in total. The Morgan fingerprint density at radius 1 is 0.439 bits per heavy atom. The minimum Gasteiger partial charge on any atom is -0.456 e. The van der Waals surface area contributed by atoms with E-state index in [2.05, 4.69) is 98.8 Å². The topological polar surface area (TPSA) is 77.8 Å². The van der Waals surface area contributed by atoms with Crippen molar-refractivity contribution in [2.75, 3.05) is 0 Å². The number of fused-ring (bicyclic) bond motifs is 11. The average Bonchev–Trinajstić information content (AvgIpc) is 3.94. The molecule has 1 aliphatic rings. The lowest BCUT2D eigenvalue weighted by Crippen LogP contribution is -2.15. The predicted octanol–water partition coefficient (Wildman–Crippen LogP) is 13.2. The molecule has 57 heavy (non-hydrogen) atoms. The number of hydrogen-bond donors (Lipinski definition) is 0. The highest BCUT2D eigenvalue weighted by molar-refractivity contribution is 6.13. The van der Waals surface area contributed by atoms with E-state index in [1.165, 1.54) is 33.0 Å². The maximum absolute atomic E-state index is 6.46. The molecular weight excluding hydrogens is 701 g/mol. The molecule has 6 heteroatoms. The summed E-state index contributed by atoms with van der Waals surface area (Å²) >= 11 is 0. The molecule has 3 heterocycles. The van der Waals surface area contributed by atoms with Crippen molar-refractivity contribution in [3.05, 3.63) is 169 Å². The van der Waals surface area contributed by atoms with Crippen molar-refractivity contribution in [3.8, 4) is 56.7 Å². The van der Waals surface area contributed by atoms with E-state index in [-0.39, 0.29) is 5.41 Å². The fraction of sp³-hybridized carbons (Fsp3) is 0.0588. The van der Waals surface area contributed by atoms with E-state index >= 15 is 0 Å². The third-order valence-corrected chi connectivity index (χ3v) is 11.7. The molecule has 0 amide bonds. The normalized spacial score (nSPS) is 13.2. The van der Waals surface area contributed by atoms with Crippen LogP contribution >= 0.6 is 0 Å². The third kappa shape index (κ3) is 4.77. The fourth-order valence-corrected chi connectivity index (χ4v) is 9.01. The fourth-order valence-electron chi connectivity index (χ4n) is 9.01. The first-order valence-electron chi connectivity index (χ1n) is 19.2. The van der Waals surface area contributed by atoms with Crippen molar-refractivity contribution in [2.45, 2.75) is 19.3 Å². The minimum atomic E-state index is -0.222. The van der Waals surface area contributed by atoms with Crippen molar-refractivity contribution < 1.29 is 8.83 Å². The van der Waals surface area contributed by atoms with Crippen LogP contribution in [-0.4, -0.2) is 19.9 Å². The van der Waals surface area contributed by atoms with Gasteiger partial charge in [0.05, 0.1) is 0 Å². The van der Waals surface area contributed by atoms with Crippen molar-refractivity contribution in [3.63, 3.8) is 0 Å². The zero-order valence-corrected chi connectivity index (χ0v) is 31.1. The van der Waals surface area contributed by atoms with Gasteiger partial charge in [0.2, 0.25) is 5.89 Å². The van der Waals surface area contributed by atoms with Crippen LogP contribution in [0.15, 0.2) is 167 Å². The molecule has 0 aliphatic heterocycles. The Kier molecular flexibility index (Phi) is 6.59. The van der Waals surface area contributed by atoms with E-state index in [1.807, 2.05) is 72.8 Å². The zero-order valence-electron chi connectivity index (χ0n) is 31.1. The molecular formula is C51H32N4O2. The van der Waals surface area contributed by atoms with E-state index in [9.17, 15) is 0 Å².